The van der Waals surface area contributed by atoms with E-state index in [0.717, 1.165) is 28.6 Å². The van der Waals surface area contributed by atoms with Gasteiger partial charge in [0.25, 0.3) is 5.91 Å². The van der Waals surface area contributed by atoms with Gasteiger partial charge in [0.15, 0.2) is 6.10 Å². The normalized spacial score (nSPS) is 11.7. The summed E-state index contributed by atoms with van der Waals surface area (Å²) in [6, 6.07) is 11.9. The minimum absolute atomic E-state index is 0.0675. The molecule has 0 aliphatic carbocycles. The quantitative estimate of drug-likeness (QED) is 0.622. The van der Waals surface area contributed by atoms with Gasteiger partial charge in [0.2, 0.25) is 0 Å². The maximum atomic E-state index is 13.5. The van der Waals surface area contributed by atoms with Gasteiger partial charge in [-0.25, -0.2) is 4.39 Å². The molecule has 0 spiro atoms. The van der Waals surface area contributed by atoms with Crippen LogP contribution in [0, 0.1) is 19.7 Å². The fourth-order valence-electron chi connectivity index (χ4n) is 2.22. The number of carbonyl (C=O) groups excluding carboxylic acids is 2. The highest BCUT2D eigenvalue weighted by Crippen LogP contribution is 2.22. The number of hydrogen-bond donors (Lipinski definition) is 1. The average molecular weight is 361 g/mol. The van der Waals surface area contributed by atoms with Crippen LogP contribution >= 0.6 is 11.8 Å². The lowest BCUT2D eigenvalue weighted by Gasteiger charge is -2.16. The first-order valence-corrected chi connectivity index (χ1v) is 8.81. The van der Waals surface area contributed by atoms with Crippen molar-refractivity contribution in [3.05, 3.63) is 59.4 Å². The fraction of sp³-hybridized carbons (Fsp3) is 0.263. The number of hydrogen-bond acceptors (Lipinski definition) is 4. The molecule has 6 heteroatoms. The Morgan fingerprint density at radius 3 is 2.40 bits per heavy atom. The zero-order chi connectivity index (χ0) is 18.4. The maximum absolute atomic E-state index is 13.5. The van der Waals surface area contributed by atoms with Crippen LogP contribution in [-0.2, 0) is 14.3 Å². The summed E-state index contributed by atoms with van der Waals surface area (Å²) < 4.78 is 18.6. The summed E-state index contributed by atoms with van der Waals surface area (Å²) in [5.41, 5.74) is 2.58. The molecular weight excluding hydrogens is 341 g/mol. The van der Waals surface area contributed by atoms with Crippen molar-refractivity contribution in [1.29, 1.82) is 0 Å². The number of para-hydroxylation sites is 1. The Labute approximate surface area is 150 Å². The smallest absolute Gasteiger partial charge is 0.317 e. The Bertz CT molecular complexity index is 759. The van der Waals surface area contributed by atoms with Crippen LogP contribution in [0.15, 0.2) is 47.4 Å². The number of ether oxygens (including phenoxy) is 1. The van der Waals surface area contributed by atoms with Crippen LogP contribution < -0.4 is 5.32 Å². The number of benzene rings is 2. The number of rotatable bonds is 6. The van der Waals surface area contributed by atoms with Crippen molar-refractivity contribution in [1.82, 2.24) is 0 Å². The van der Waals surface area contributed by atoms with E-state index in [4.69, 9.17) is 4.74 Å². The molecule has 132 valence electrons. The third-order valence-electron chi connectivity index (χ3n) is 3.59. The van der Waals surface area contributed by atoms with Gasteiger partial charge in [-0.1, -0.05) is 30.3 Å². The summed E-state index contributed by atoms with van der Waals surface area (Å²) in [6.07, 6.45) is -0.937. The molecule has 2 rings (SSSR count). The van der Waals surface area contributed by atoms with E-state index >= 15 is 0 Å². The van der Waals surface area contributed by atoms with Crippen LogP contribution in [0.3, 0.4) is 0 Å². The number of carbonyl (C=O) groups is 2. The molecule has 0 aliphatic heterocycles. The van der Waals surface area contributed by atoms with Gasteiger partial charge in [-0.2, -0.15) is 0 Å². The van der Waals surface area contributed by atoms with Crippen molar-refractivity contribution in [2.75, 3.05) is 11.1 Å². The van der Waals surface area contributed by atoms with Crippen LogP contribution in [0.5, 0.6) is 0 Å². The second-order valence-corrected chi connectivity index (χ2v) is 6.62. The van der Waals surface area contributed by atoms with Gasteiger partial charge in [-0.3, -0.25) is 9.59 Å². The van der Waals surface area contributed by atoms with E-state index in [1.54, 1.807) is 18.2 Å². The number of esters is 1. The summed E-state index contributed by atoms with van der Waals surface area (Å²) >= 11 is 1.04. The highest BCUT2D eigenvalue weighted by atomic mass is 32.2. The van der Waals surface area contributed by atoms with Crippen molar-refractivity contribution in [2.45, 2.75) is 31.8 Å². The maximum Gasteiger partial charge on any atom is 0.317 e. The number of thioether (sulfide) groups is 1. The summed E-state index contributed by atoms with van der Waals surface area (Å²) in [6.45, 7) is 5.29. The minimum Gasteiger partial charge on any atom is -0.452 e. The number of halogens is 1. The van der Waals surface area contributed by atoms with E-state index in [1.807, 2.05) is 32.0 Å². The van der Waals surface area contributed by atoms with Crippen molar-refractivity contribution < 1.29 is 18.7 Å². The van der Waals surface area contributed by atoms with Gasteiger partial charge >= 0.3 is 5.97 Å². The first kappa shape index (κ1) is 19.0. The lowest BCUT2D eigenvalue weighted by Crippen LogP contribution is -2.31. The van der Waals surface area contributed by atoms with Crippen LogP contribution in [0.4, 0.5) is 10.1 Å². The minimum atomic E-state index is -0.937. The molecule has 2 aromatic rings. The Hall–Kier alpha value is -2.34. The van der Waals surface area contributed by atoms with Gasteiger partial charge < -0.3 is 10.1 Å². The molecule has 4 nitrogen and oxygen atoms in total. The van der Waals surface area contributed by atoms with Crippen molar-refractivity contribution in [3.8, 4) is 0 Å². The molecule has 0 radical (unpaired) electrons. The highest BCUT2D eigenvalue weighted by molar-refractivity contribution is 8.00. The Morgan fingerprint density at radius 2 is 1.76 bits per heavy atom. The highest BCUT2D eigenvalue weighted by Gasteiger charge is 2.19. The largest absolute Gasteiger partial charge is 0.452 e. The molecule has 0 saturated carbocycles. The molecule has 0 aliphatic rings. The predicted octanol–water partition coefficient (Wildman–Crippen LogP) is 4.11. The molecule has 2 aromatic carbocycles. The standard InChI is InChI=1S/C19H20FNO3S/c1-12-7-6-8-13(2)18(12)21-19(23)14(3)24-17(22)11-25-16-10-5-4-9-15(16)20/h4-10,14H,11H2,1-3H3,(H,21,23)/t14-/m0/s1. The van der Waals surface area contributed by atoms with E-state index in [1.165, 1.54) is 13.0 Å². The van der Waals surface area contributed by atoms with Crippen molar-refractivity contribution in [3.63, 3.8) is 0 Å². The SMILES string of the molecule is Cc1cccc(C)c1NC(=O)[C@H](C)OC(=O)CSc1ccccc1F. The van der Waals surface area contributed by atoms with Crippen LogP contribution in [0.2, 0.25) is 0 Å². The lowest BCUT2D eigenvalue weighted by molar-refractivity contribution is -0.150. The lowest BCUT2D eigenvalue weighted by atomic mass is 10.1. The number of aryl methyl sites for hydroxylation is 2. The molecule has 1 atom stereocenters. The van der Waals surface area contributed by atoms with Crippen LogP contribution in [0.1, 0.15) is 18.1 Å². The van der Waals surface area contributed by atoms with E-state index < -0.39 is 18.0 Å². The molecule has 0 aromatic heterocycles. The van der Waals surface area contributed by atoms with Gasteiger partial charge in [-0.05, 0) is 44.0 Å². The molecule has 1 amide bonds. The third kappa shape index (κ3) is 5.32. The number of nitrogens with one attached hydrogen (secondary N) is 1. The van der Waals surface area contributed by atoms with Gasteiger partial charge in [0, 0.05) is 10.6 Å². The van der Waals surface area contributed by atoms with E-state index in [2.05, 4.69) is 5.32 Å². The summed E-state index contributed by atoms with van der Waals surface area (Å²) in [7, 11) is 0. The van der Waals surface area contributed by atoms with Crippen molar-refractivity contribution >= 4 is 29.3 Å². The second kappa shape index (κ2) is 8.67. The van der Waals surface area contributed by atoms with E-state index in [9.17, 15) is 14.0 Å². The van der Waals surface area contributed by atoms with E-state index in [-0.39, 0.29) is 11.6 Å². The average Bonchev–Trinajstić information content (AvgIpc) is 2.57. The fourth-order valence-corrected chi connectivity index (χ4v) is 2.94. The number of amides is 1. The van der Waals surface area contributed by atoms with Crippen LogP contribution in [0.25, 0.3) is 0 Å². The third-order valence-corrected chi connectivity index (χ3v) is 4.61. The molecule has 0 unspecified atom stereocenters. The molecule has 1 N–H and O–H groups in total. The van der Waals surface area contributed by atoms with Gasteiger partial charge in [0.1, 0.15) is 5.82 Å². The Balaban J connectivity index is 1.88. The molecule has 0 heterocycles. The first-order valence-electron chi connectivity index (χ1n) is 7.82. The summed E-state index contributed by atoms with van der Waals surface area (Å²) in [4.78, 5) is 24.5. The second-order valence-electron chi connectivity index (χ2n) is 5.61. The monoisotopic (exact) mass is 361 g/mol. The molecular formula is C19H20FNO3S. The number of anilines is 1. The Morgan fingerprint density at radius 1 is 1.12 bits per heavy atom. The zero-order valence-electron chi connectivity index (χ0n) is 14.3. The molecule has 0 bridgehead atoms. The molecule has 0 saturated heterocycles. The first-order chi connectivity index (χ1) is 11.9. The van der Waals surface area contributed by atoms with Gasteiger partial charge in [-0.15, -0.1) is 11.8 Å². The van der Waals surface area contributed by atoms with Crippen LogP contribution in [-0.4, -0.2) is 23.7 Å². The predicted molar refractivity (Wildman–Crippen MR) is 97.2 cm³/mol. The summed E-state index contributed by atoms with van der Waals surface area (Å²) in [5.74, 6) is -1.43. The Kier molecular flexibility index (Phi) is 6.58. The van der Waals surface area contributed by atoms with Crippen molar-refractivity contribution in [2.24, 2.45) is 0 Å². The summed E-state index contributed by atoms with van der Waals surface area (Å²) in [5, 5.41) is 2.78. The van der Waals surface area contributed by atoms with Gasteiger partial charge in [0.05, 0.1) is 5.75 Å². The van der Waals surface area contributed by atoms with E-state index in [0.29, 0.717) is 4.90 Å². The molecule has 0 fully saturated rings. The molecule has 25 heavy (non-hydrogen) atoms. The topological polar surface area (TPSA) is 55.4 Å². The zero-order valence-corrected chi connectivity index (χ0v) is 15.2.